The minimum Gasteiger partial charge on any atom is -0.307 e. The fraction of sp³-hybridized carbons (Fsp3) is 0.429. The molecule has 1 aliphatic carbocycles. The highest BCUT2D eigenvalue weighted by Crippen LogP contribution is 2.38. The van der Waals surface area contributed by atoms with E-state index in [-0.39, 0.29) is 0 Å². The minimum atomic E-state index is 0.802. The summed E-state index contributed by atoms with van der Waals surface area (Å²) in [6, 6.07) is 17.2. The summed E-state index contributed by atoms with van der Waals surface area (Å²) < 4.78 is 0. The maximum absolute atomic E-state index is 4.89. The van der Waals surface area contributed by atoms with E-state index < -0.39 is 0 Å². The standard InChI is InChI=1S/C21H20N2.C7H17N/c1-3-18-21-17-10-9-14(2)11-16(17)13-19(21)23-20(22-18)12-15-7-5-4-6-8-15;1-4-6-7-8(3)5-2/h4-11H,3,12-13H2,1-2H3;4-7H2,1-3H3. The highest BCUT2D eigenvalue weighted by Gasteiger charge is 2.24. The molecule has 0 radical (unpaired) electrons. The summed E-state index contributed by atoms with van der Waals surface area (Å²) in [5, 5.41) is 0. The number of aromatic nitrogens is 2. The van der Waals surface area contributed by atoms with Gasteiger partial charge in [-0.1, -0.05) is 81.3 Å². The van der Waals surface area contributed by atoms with Crippen LogP contribution in [0.5, 0.6) is 0 Å². The van der Waals surface area contributed by atoms with Crippen LogP contribution in [0.1, 0.15) is 67.5 Å². The second-order valence-corrected chi connectivity index (χ2v) is 8.51. The zero-order chi connectivity index (χ0) is 22.2. The Morgan fingerprint density at radius 1 is 0.968 bits per heavy atom. The van der Waals surface area contributed by atoms with Crippen molar-refractivity contribution >= 4 is 0 Å². The zero-order valence-corrected chi connectivity index (χ0v) is 19.9. The summed E-state index contributed by atoms with van der Waals surface area (Å²) in [5.74, 6) is 0.941. The van der Waals surface area contributed by atoms with Gasteiger partial charge in [-0.15, -0.1) is 0 Å². The van der Waals surface area contributed by atoms with Crippen molar-refractivity contribution in [2.24, 2.45) is 0 Å². The largest absolute Gasteiger partial charge is 0.307 e. The molecule has 0 atom stereocenters. The van der Waals surface area contributed by atoms with Crippen molar-refractivity contribution in [3.05, 3.63) is 82.4 Å². The number of nitrogens with zero attached hydrogens (tertiary/aromatic N) is 3. The molecule has 164 valence electrons. The van der Waals surface area contributed by atoms with Crippen LogP contribution < -0.4 is 0 Å². The van der Waals surface area contributed by atoms with Gasteiger partial charge >= 0.3 is 0 Å². The smallest absolute Gasteiger partial charge is 0.133 e. The average Bonchev–Trinajstić information content (AvgIpc) is 3.15. The van der Waals surface area contributed by atoms with E-state index in [1.54, 1.807) is 0 Å². The summed E-state index contributed by atoms with van der Waals surface area (Å²) >= 11 is 0. The van der Waals surface area contributed by atoms with Gasteiger partial charge in [-0.2, -0.15) is 0 Å². The molecule has 0 bridgehead atoms. The predicted molar refractivity (Wildman–Crippen MR) is 132 cm³/mol. The van der Waals surface area contributed by atoms with Crippen LogP contribution in [0.2, 0.25) is 0 Å². The summed E-state index contributed by atoms with van der Waals surface area (Å²) in [4.78, 5) is 12.1. The topological polar surface area (TPSA) is 29.0 Å². The predicted octanol–water partition coefficient (Wildman–Crippen LogP) is 6.25. The monoisotopic (exact) mass is 415 g/mol. The maximum atomic E-state index is 4.89. The average molecular weight is 416 g/mol. The fourth-order valence-electron chi connectivity index (χ4n) is 4.05. The van der Waals surface area contributed by atoms with Gasteiger partial charge in [0.1, 0.15) is 5.82 Å². The molecule has 1 aromatic heterocycles. The Hall–Kier alpha value is -2.52. The van der Waals surface area contributed by atoms with E-state index in [1.165, 1.54) is 65.1 Å². The van der Waals surface area contributed by atoms with Crippen LogP contribution in [0.25, 0.3) is 11.1 Å². The minimum absolute atomic E-state index is 0.802. The van der Waals surface area contributed by atoms with E-state index in [1.807, 2.05) is 6.07 Å². The van der Waals surface area contributed by atoms with Crippen molar-refractivity contribution in [2.45, 2.75) is 59.8 Å². The van der Waals surface area contributed by atoms with Crippen LogP contribution >= 0.6 is 0 Å². The van der Waals surface area contributed by atoms with Crippen molar-refractivity contribution in [2.75, 3.05) is 20.1 Å². The Balaban J connectivity index is 0.000000293. The third-order valence-electron chi connectivity index (χ3n) is 5.97. The zero-order valence-electron chi connectivity index (χ0n) is 19.9. The van der Waals surface area contributed by atoms with Gasteiger partial charge in [0.05, 0.1) is 11.4 Å². The Bertz CT molecular complexity index is 979. The Morgan fingerprint density at radius 3 is 2.42 bits per heavy atom. The lowest BCUT2D eigenvalue weighted by Crippen LogP contribution is -2.18. The highest BCUT2D eigenvalue weighted by molar-refractivity contribution is 5.77. The second-order valence-electron chi connectivity index (χ2n) is 8.51. The van der Waals surface area contributed by atoms with Crippen LogP contribution in [0.4, 0.5) is 0 Å². The van der Waals surface area contributed by atoms with Crippen molar-refractivity contribution in [3.63, 3.8) is 0 Å². The molecule has 0 saturated carbocycles. The third-order valence-corrected chi connectivity index (χ3v) is 5.97. The van der Waals surface area contributed by atoms with Crippen LogP contribution in [-0.4, -0.2) is 35.0 Å². The number of hydrogen-bond acceptors (Lipinski definition) is 3. The number of unbranched alkanes of at least 4 members (excludes halogenated alkanes) is 1. The van der Waals surface area contributed by atoms with E-state index in [4.69, 9.17) is 9.97 Å². The van der Waals surface area contributed by atoms with Gasteiger partial charge in [0.25, 0.3) is 0 Å². The van der Waals surface area contributed by atoms with Crippen LogP contribution in [0.3, 0.4) is 0 Å². The lowest BCUT2D eigenvalue weighted by Gasteiger charge is -2.11. The number of rotatable bonds is 7. The molecule has 4 rings (SSSR count). The molecule has 1 aliphatic rings. The van der Waals surface area contributed by atoms with Gasteiger partial charge in [0.15, 0.2) is 0 Å². The van der Waals surface area contributed by atoms with Crippen LogP contribution in [0.15, 0.2) is 48.5 Å². The van der Waals surface area contributed by atoms with Crippen molar-refractivity contribution in [3.8, 4) is 11.1 Å². The van der Waals surface area contributed by atoms with Crippen molar-refractivity contribution in [1.29, 1.82) is 0 Å². The van der Waals surface area contributed by atoms with Crippen LogP contribution in [-0.2, 0) is 19.3 Å². The van der Waals surface area contributed by atoms with Gasteiger partial charge < -0.3 is 4.90 Å². The van der Waals surface area contributed by atoms with Crippen molar-refractivity contribution in [1.82, 2.24) is 14.9 Å². The molecule has 3 nitrogen and oxygen atoms in total. The van der Waals surface area contributed by atoms with E-state index in [0.717, 1.165) is 25.1 Å². The quantitative estimate of drug-likeness (QED) is 0.357. The summed E-state index contributed by atoms with van der Waals surface area (Å²) in [6.45, 7) is 11.2. The molecule has 0 fully saturated rings. The van der Waals surface area contributed by atoms with E-state index >= 15 is 0 Å². The number of fused-ring (bicyclic) bond motifs is 3. The molecule has 3 aromatic rings. The van der Waals surface area contributed by atoms with E-state index in [0.29, 0.717) is 0 Å². The van der Waals surface area contributed by atoms with E-state index in [9.17, 15) is 0 Å². The molecular weight excluding hydrogens is 378 g/mol. The molecule has 1 heterocycles. The fourth-order valence-corrected chi connectivity index (χ4v) is 4.05. The third kappa shape index (κ3) is 6.01. The van der Waals surface area contributed by atoms with Gasteiger partial charge in [0, 0.05) is 18.4 Å². The Morgan fingerprint density at radius 2 is 1.74 bits per heavy atom. The number of hydrogen-bond donors (Lipinski definition) is 0. The lowest BCUT2D eigenvalue weighted by atomic mass is 10.0. The number of benzene rings is 2. The summed E-state index contributed by atoms with van der Waals surface area (Å²) in [6.07, 6.45) is 5.33. The first-order chi connectivity index (χ1) is 15.0. The first kappa shape index (κ1) is 23.1. The van der Waals surface area contributed by atoms with Gasteiger partial charge in [-0.25, -0.2) is 9.97 Å². The second kappa shape index (κ2) is 11.2. The highest BCUT2D eigenvalue weighted by atomic mass is 15.1. The normalized spacial score (nSPS) is 11.7. The Labute approximate surface area is 188 Å². The van der Waals surface area contributed by atoms with Gasteiger partial charge in [-0.3, -0.25) is 0 Å². The SMILES string of the molecule is CCCCN(C)CC.CCc1nc(Cc2ccccc2)nc2c1-c1ccc(C)cc1C2. The van der Waals surface area contributed by atoms with Gasteiger partial charge in [0.2, 0.25) is 0 Å². The lowest BCUT2D eigenvalue weighted by molar-refractivity contribution is 0.346. The van der Waals surface area contributed by atoms with E-state index in [2.05, 4.69) is 82.1 Å². The molecule has 0 aliphatic heterocycles. The first-order valence-electron chi connectivity index (χ1n) is 11.8. The maximum Gasteiger partial charge on any atom is 0.133 e. The number of aryl methyl sites for hydroxylation is 2. The molecule has 31 heavy (non-hydrogen) atoms. The first-order valence-corrected chi connectivity index (χ1v) is 11.8. The molecule has 0 amide bonds. The molecule has 0 unspecified atom stereocenters. The Kier molecular flexibility index (Phi) is 8.36. The molecular formula is C28H37N3. The van der Waals surface area contributed by atoms with Crippen molar-refractivity contribution < 1.29 is 0 Å². The molecule has 0 saturated heterocycles. The molecule has 0 spiro atoms. The van der Waals surface area contributed by atoms with Gasteiger partial charge in [-0.05, 0) is 56.6 Å². The summed E-state index contributed by atoms with van der Waals surface area (Å²) in [5.41, 5.74) is 8.95. The summed E-state index contributed by atoms with van der Waals surface area (Å²) in [7, 11) is 2.16. The molecule has 2 aromatic carbocycles. The van der Waals surface area contributed by atoms with Crippen LogP contribution in [0, 0.1) is 6.92 Å². The molecule has 0 N–H and O–H groups in total. The molecule has 3 heteroatoms.